The first-order chi connectivity index (χ1) is 13.2. The Hall–Kier alpha value is -3.20. The number of carbonyl (C=O) groups excluding carboxylic acids is 2. The highest BCUT2D eigenvalue weighted by atomic mass is 16.1. The van der Waals surface area contributed by atoms with Crippen LogP contribution in [0.4, 0.5) is 0 Å². The number of hydrogen-bond donors (Lipinski definition) is 0. The molecular weight excluding hydrogens is 334 g/mol. The third kappa shape index (κ3) is 3.68. The molecule has 0 saturated carbocycles. The van der Waals surface area contributed by atoms with Gasteiger partial charge in [-0.3, -0.25) is 9.59 Å². The molecule has 4 rings (SSSR count). The van der Waals surface area contributed by atoms with Crippen molar-refractivity contribution < 1.29 is 9.59 Å². The van der Waals surface area contributed by atoms with E-state index in [4.69, 9.17) is 0 Å². The van der Waals surface area contributed by atoms with Crippen LogP contribution in [-0.2, 0) is 11.3 Å². The van der Waals surface area contributed by atoms with Gasteiger partial charge in [0.25, 0.3) is 0 Å². The lowest BCUT2D eigenvalue weighted by Gasteiger charge is -2.05. The molecule has 1 aliphatic carbocycles. The minimum atomic E-state index is -0.0137. The molecule has 0 atom stereocenters. The van der Waals surface area contributed by atoms with Gasteiger partial charge in [0.1, 0.15) is 0 Å². The largest absolute Gasteiger partial charge is 0.339 e. The number of Topliss-reactive ketones (excluding diaryl/α,β-unsaturated/α-hetero) is 1. The summed E-state index contributed by atoms with van der Waals surface area (Å²) in [5, 5.41) is 0.891. The highest BCUT2D eigenvalue weighted by molar-refractivity contribution is 6.16. The summed E-state index contributed by atoms with van der Waals surface area (Å²) in [5.41, 5.74) is 3.53. The lowest BCUT2D eigenvalue weighted by molar-refractivity contribution is -0.119. The van der Waals surface area contributed by atoms with Gasteiger partial charge in [-0.05, 0) is 18.9 Å². The molecule has 1 aromatic heterocycles. The summed E-state index contributed by atoms with van der Waals surface area (Å²) in [7, 11) is 0. The van der Waals surface area contributed by atoms with E-state index in [1.165, 1.54) is 5.57 Å². The zero-order valence-electron chi connectivity index (χ0n) is 15.1. The van der Waals surface area contributed by atoms with Gasteiger partial charge in [0.15, 0.2) is 11.6 Å². The quantitative estimate of drug-likeness (QED) is 0.553. The molecule has 134 valence electrons. The van der Waals surface area contributed by atoms with Crippen LogP contribution in [0, 0.1) is 0 Å². The molecule has 0 fully saturated rings. The van der Waals surface area contributed by atoms with E-state index in [1.807, 2.05) is 71.4 Å². The summed E-state index contributed by atoms with van der Waals surface area (Å²) >= 11 is 0. The molecule has 1 heterocycles. The van der Waals surface area contributed by atoms with Gasteiger partial charge >= 0.3 is 0 Å². The van der Waals surface area contributed by atoms with E-state index in [9.17, 15) is 9.59 Å². The van der Waals surface area contributed by atoms with E-state index < -0.39 is 0 Å². The number of fused-ring (bicyclic) bond motifs is 1. The van der Waals surface area contributed by atoms with Crippen LogP contribution in [0.15, 0.2) is 84.6 Å². The summed E-state index contributed by atoms with van der Waals surface area (Å²) in [6, 6.07) is 17.0. The number of allylic oxidation sites excluding steroid dienone is 4. The summed E-state index contributed by atoms with van der Waals surface area (Å²) in [4.78, 5) is 25.5. The molecule has 3 aromatic rings. The van der Waals surface area contributed by atoms with Crippen molar-refractivity contribution in [1.29, 1.82) is 0 Å². The molecule has 0 bridgehead atoms. The van der Waals surface area contributed by atoms with E-state index in [0.29, 0.717) is 24.1 Å². The minimum Gasteiger partial charge on any atom is -0.339 e. The maximum Gasteiger partial charge on any atom is 0.195 e. The van der Waals surface area contributed by atoms with Crippen LogP contribution in [0.5, 0.6) is 0 Å². The van der Waals surface area contributed by atoms with Crippen LogP contribution in [0.1, 0.15) is 35.2 Å². The minimum absolute atomic E-state index is 0.0137. The van der Waals surface area contributed by atoms with Crippen LogP contribution < -0.4 is 0 Å². The Morgan fingerprint density at radius 3 is 2.52 bits per heavy atom. The third-order valence-corrected chi connectivity index (χ3v) is 4.99. The number of nitrogens with zero attached hydrogens (tertiary/aromatic N) is 1. The highest BCUT2D eigenvalue weighted by Gasteiger charge is 2.17. The predicted octanol–water partition coefficient (Wildman–Crippen LogP) is 5.11. The van der Waals surface area contributed by atoms with Crippen molar-refractivity contribution in [2.24, 2.45) is 0 Å². The normalized spacial score (nSPS) is 13.1. The third-order valence-electron chi connectivity index (χ3n) is 4.99. The number of rotatable bonds is 7. The number of aromatic nitrogens is 1. The molecule has 1 aliphatic rings. The summed E-state index contributed by atoms with van der Waals surface area (Å²) in [6.07, 6.45) is 10.4. The molecule has 3 nitrogen and oxygen atoms in total. The van der Waals surface area contributed by atoms with Gasteiger partial charge in [0.2, 0.25) is 0 Å². The smallest absolute Gasteiger partial charge is 0.195 e. The molecule has 0 aliphatic heterocycles. The topological polar surface area (TPSA) is 39.1 Å². The van der Waals surface area contributed by atoms with Gasteiger partial charge in [-0.25, -0.2) is 0 Å². The van der Waals surface area contributed by atoms with Crippen LogP contribution in [-0.4, -0.2) is 16.1 Å². The second-order valence-corrected chi connectivity index (χ2v) is 6.88. The van der Waals surface area contributed by atoms with E-state index in [0.717, 1.165) is 23.7 Å². The van der Waals surface area contributed by atoms with Crippen molar-refractivity contribution in [1.82, 2.24) is 4.57 Å². The maximum atomic E-state index is 12.9. The Morgan fingerprint density at radius 1 is 0.963 bits per heavy atom. The number of carbonyl (C=O) groups is 2. The van der Waals surface area contributed by atoms with Crippen LogP contribution in [0.3, 0.4) is 0 Å². The second kappa shape index (κ2) is 7.58. The number of hydrogen-bond acceptors (Lipinski definition) is 2. The molecule has 0 spiro atoms. The first-order valence-corrected chi connectivity index (χ1v) is 9.26. The van der Waals surface area contributed by atoms with E-state index >= 15 is 0 Å². The van der Waals surface area contributed by atoms with Gasteiger partial charge in [-0.2, -0.15) is 0 Å². The first-order valence-electron chi connectivity index (χ1n) is 9.26. The SMILES string of the molecule is O=C(CCC1=CC=CC1)Cn1cc(C(=O)c2ccccc2)c2ccccc21. The molecule has 0 saturated heterocycles. The number of ketones is 2. The molecular formula is C24H21NO2. The summed E-state index contributed by atoms with van der Waals surface area (Å²) < 4.78 is 1.91. The fraction of sp³-hybridized carbons (Fsp3) is 0.167. The van der Waals surface area contributed by atoms with Crippen molar-refractivity contribution >= 4 is 22.5 Å². The fourth-order valence-corrected chi connectivity index (χ4v) is 3.55. The average Bonchev–Trinajstić information content (AvgIpc) is 3.35. The zero-order valence-corrected chi connectivity index (χ0v) is 15.1. The molecule has 27 heavy (non-hydrogen) atoms. The first kappa shape index (κ1) is 17.2. The van der Waals surface area contributed by atoms with Crippen molar-refractivity contribution in [3.05, 3.63) is 95.7 Å². The van der Waals surface area contributed by atoms with E-state index in [1.54, 1.807) is 0 Å². The predicted molar refractivity (Wildman–Crippen MR) is 108 cm³/mol. The van der Waals surface area contributed by atoms with Gasteiger partial charge in [-0.15, -0.1) is 0 Å². The van der Waals surface area contributed by atoms with Crippen LogP contribution >= 0.6 is 0 Å². The highest BCUT2D eigenvalue weighted by Crippen LogP contribution is 2.24. The molecule has 2 aromatic carbocycles. The Bertz CT molecular complexity index is 1050. The summed E-state index contributed by atoms with van der Waals surface area (Å²) in [6.45, 7) is 0.295. The molecule has 0 radical (unpaired) electrons. The lowest BCUT2D eigenvalue weighted by atomic mass is 10.0. The van der Waals surface area contributed by atoms with Gasteiger partial charge in [0.05, 0.1) is 6.54 Å². The Balaban J connectivity index is 1.58. The van der Waals surface area contributed by atoms with Crippen LogP contribution in [0.25, 0.3) is 10.9 Å². The summed E-state index contributed by atoms with van der Waals surface area (Å²) in [5.74, 6) is 0.169. The second-order valence-electron chi connectivity index (χ2n) is 6.88. The molecule has 3 heteroatoms. The zero-order chi connectivity index (χ0) is 18.6. The van der Waals surface area contributed by atoms with E-state index in [2.05, 4.69) is 12.2 Å². The van der Waals surface area contributed by atoms with Crippen molar-refractivity contribution in [2.75, 3.05) is 0 Å². The average molecular weight is 355 g/mol. The van der Waals surface area contributed by atoms with Crippen molar-refractivity contribution in [3.63, 3.8) is 0 Å². The number of benzene rings is 2. The van der Waals surface area contributed by atoms with Crippen LogP contribution in [0.2, 0.25) is 0 Å². The van der Waals surface area contributed by atoms with Gasteiger partial charge in [0, 0.05) is 34.6 Å². The standard InChI is InChI=1S/C24H21NO2/c26-20(15-14-18-8-4-5-9-18)16-25-17-22(21-12-6-7-13-23(21)25)24(27)19-10-2-1-3-11-19/h1-8,10-13,17H,9,14-16H2. The van der Waals surface area contributed by atoms with Gasteiger partial charge in [-0.1, -0.05) is 72.3 Å². The Kier molecular flexibility index (Phi) is 4.84. The Labute approximate surface area is 158 Å². The molecule has 0 N–H and O–H groups in total. The fourth-order valence-electron chi connectivity index (χ4n) is 3.55. The Morgan fingerprint density at radius 2 is 1.74 bits per heavy atom. The molecule has 0 amide bonds. The van der Waals surface area contributed by atoms with Crippen molar-refractivity contribution in [3.8, 4) is 0 Å². The van der Waals surface area contributed by atoms with Crippen molar-refractivity contribution in [2.45, 2.75) is 25.8 Å². The monoisotopic (exact) mass is 355 g/mol. The molecule has 0 unspecified atom stereocenters. The maximum absolute atomic E-state index is 12.9. The number of para-hydroxylation sites is 1. The van der Waals surface area contributed by atoms with Gasteiger partial charge < -0.3 is 4.57 Å². The lowest BCUT2D eigenvalue weighted by Crippen LogP contribution is -2.09. The van der Waals surface area contributed by atoms with E-state index in [-0.39, 0.29) is 11.6 Å².